The lowest BCUT2D eigenvalue weighted by Gasteiger charge is -2.15. The zero-order chi connectivity index (χ0) is 20.8. The second-order valence-corrected chi connectivity index (χ2v) is 9.63. The third-order valence-electron chi connectivity index (χ3n) is 4.89. The van der Waals surface area contributed by atoms with Crippen molar-refractivity contribution in [3.05, 3.63) is 75.1 Å². The van der Waals surface area contributed by atoms with E-state index < -0.39 is 16.1 Å². The minimum absolute atomic E-state index is 0.121. The summed E-state index contributed by atoms with van der Waals surface area (Å²) >= 11 is 0.986. The molecule has 0 aliphatic heterocycles. The number of aromatic amines is 1. The van der Waals surface area contributed by atoms with Crippen molar-refractivity contribution in [3.63, 3.8) is 0 Å². The number of hydrogen-bond acceptors (Lipinski definition) is 5. The molecule has 4 aromatic rings. The molecule has 0 saturated heterocycles. The lowest BCUT2D eigenvalue weighted by molar-refractivity contribution is 0.566. The zero-order valence-corrected chi connectivity index (χ0v) is 17.8. The van der Waals surface area contributed by atoms with Crippen LogP contribution in [0.25, 0.3) is 15.9 Å². The van der Waals surface area contributed by atoms with Crippen LogP contribution in [-0.2, 0) is 10.0 Å². The van der Waals surface area contributed by atoms with E-state index in [4.69, 9.17) is 0 Å². The summed E-state index contributed by atoms with van der Waals surface area (Å²) in [7, 11) is -3.77. The van der Waals surface area contributed by atoms with Crippen molar-refractivity contribution in [1.29, 1.82) is 0 Å². The summed E-state index contributed by atoms with van der Waals surface area (Å²) in [6.45, 7) is 5.72. The van der Waals surface area contributed by atoms with Gasteiger partial charge in [-0.3, -0.25) is 4.79 Å². The second-order valence-electron chi connectivity index (χ2n) is 6.90. The van der Waals surface area contributed by atoms with Crippen LogP contribution in [0.1, 0.15) is 29.8 Å². The van der Waals surface area contributed by atoms with Gasteiger partial charge in [-0.2, -0.15) is 5.10 Å². The maximum absolute atomic E-state index is 12.9. The molecule has 0 bridgehead atoms. The van der Waals surface area contributed by atoms with Crippen LogP contribution in [0.3, 0.4) is 0 Å². The average molecular weight is 429 g/mol. The van der Waals surface area contributed by atoms with Crippen molar-refractivity contribution in [2.24, 2.45) is 0 Å². The Morgan fingerprint density at radius 1 is 1.17 bits per heavy atom. The van der Waals surface area contributed by atoms with Gasteiger partial charge in [-0.25, -0.2) is 17.8 Å². The van der Waals surface area contributed by atoms with Gasteiger partial charge in [0, 0.05) is 17.3 Å². The summed E-state index contributed by atoms with van der Waals surface area (Å²) < 4.78 is 30.9. The topological polar surface area (TPSA) is 96.8 Å². The lowest BCUT2D eigenvalue weighted by atomic mass is 10.1. The molecule has 1 atom stereocenters. The molecule has 0 saturated carbocycles. The van der Waals surface area contributed by atoms with Crippen molar-refractivity contribution in [2.75, 3.05) is 0 Å². The minimum Gasteiger partial charge on any atom is -0.312 e. The van der Waals surface area contributed by atoms with Gasteiger partial charge in [0.1, 0.15) is 0 Å². The number of hydrogen-bond donors (Lipinski definition) is 2. The molecule has 2 heterocycles. The summed E-state index contributed by atoms with van der Waals surface area (Å²) in [4.78, 5) is 14.1. The minimum atomic E-state index is -3.77. The number of aryl methyl sites for hydroxylation is 1. The van der Waals surface area contributed by atoms with Crippen molar-refractivity contribution < 1.29 is 8.42 Å². The van der Waals surface area contributed by atoms with Crippen LogP contribution < -0.4 is 9.60 Å². The third-order valence-corrected chi connectivity index (χ3v) is 7.28. The summed E-state index contributed by atoms with van der Waals surface area (Å²) in [5.41, 5.74) is 4.33. The quantitative estimate of drug-likeness (QED) is 0.509. The first-order chi connectivity index (χ1) is 13.8. The fourth-order valence-electron chi connectivity index (χ4n) is 3.35. The van der Waals surface area contributed by atoms with E-state index in [0.29, 0.717) is 10.2 Å². The van der Waals surface area contributed by atoms with E-state index in [1.807, 2.05) is 42.8 Å². The largest absolute Gasteiger partial charge is 0.312 e. The number of benzene rings is 2. The highest BCUT2D eigenvalue weighted by Crippen LogP contribution is 2.25. The first kappa shape index (κ1) is 19.6. The molecule has 7 nitrogen and oxygen atoms in total. The number of fused-ring (bicyclic) bond motifs is 1. The van der Waals surface area contributed by atoms with Crippen LogP contribution in [-0.4, -0.2) is 23.2 Å². The van der Waals surface area contributed by atoms with Crippen molar-refractivity contribution in [1.82, 2.24) is 19.5 Å². The average Bonchev–Trinajstić information content (AvgIpc) is 3.22. The van der Waals surface area contributed by atoms with Gasteiger partial charge in [0.05, 0.1) is 27.0 Å². The van der Waals surface area contributed by atoms with E-state index in [1.165, 1.54) is 12.1 Å². The van der Waals surface area contributed by atoms with E-state index in [0.717, 1.165) is 33.8 Å². The van der Waals surface area contributed by atoms with E-state index in [-0.39, 0.29) is 9.77 Å². The number of sulfonamides is 1. The van der Waals surface area contributed by atoms with Crippen molar-refractivity contribution in [3.8, 4) is 5.69 Å². The van der Waals surface area contributed by atoms with Gasteiger partial charge in [-0.1, -0.05) is 29.5 Å². The highest BCUT2D eigenvalue weighted by atomic mass is 32.2. The fraction of sp³-hybridized carbons (Fsp3) is 0.200. The molecule has 0 fully saturated rings. The number of thiazole rings is 1. The molecule has 1 unspecified atom stereocenters. The van der Waals surface area contributed by atoms with Gasteiger partial charge >= 0.3 is 4.87 Å². The molecule has 2 aromatic carbocycles. The molecule has 2 N–H and O–H groups in total. The molecule has 29 heavy (non-hydrogen) atoms. The van der Waals surface area contributed by atoms with Gasteiger partial charge in [0.15, 0.2) is 0 Å². The van der Waals surface area contributed by atoms with Crippen LogP contribution in [0.5, 0.6) is 0 Å². The third kappa shape index (κ3) is 3.64. The molecule has 0 aliphatic rings. The molecule has 0 spiro atoms. The van der Waals surface area contributed by atoms with Crippen LogP contribution in [0.2, 0.25) is 0 Å². The van der Waals surface area contributed by atoms with Crippen LogP contribution >= 0.6 is 11.3 Å². The maximum Gasteiger partial charge on any atom is 0.305 e. The molecule has 0 amide bonds. The number of rotatable bonds is 5. The molecular formula is C20H20N4O3S2. The number of aromatic nitrogens is 3. The van der Waals surface area contributed by atoms with E-state index in [2.05, 4.69) is 14.8 Å². The Bertz CT molecular complexity index is 1370. The standard InChI is InChI=1S/C20H20N4O3S2/c1-12-6-4-5-7-18(12)24-14(3)16(11-21-24)13(2)23-29(26,27)15-8-9-17-19(10-15)28-20(25)22-17/h4-11,13,23H,1-3H3,(H,22,25). The van der Waals surface area contributed by atoms with Crippen LogP contribution in [0, 0.1) is 13.8 Å². The predicted molar refractivity (Wildman–Crippen MR) is 114 cm³/mol. The molecule has 9 heteroatoms. The molecular weight excluding hydrogens is 408 g/mol. The van der Waals surface area contributed by atoms with Crippen molar-refractivity contribution in [2.45, 2.75) is 31.7 Å². The molecule has 4 rings (SSSR count). The Labute approximate surface area is 172 Å². The van der Waals surface area contributed by atoms with Gasteiger partial charge < -0.3 is 4.98 Å². The van der Waals surface area contributed by atoms with Gasteiger partial charge in [-0.05, 0) is 50.6 Å². The van der Waals surface area contributed by atoms with E-state index >= 15 is 0 Å². The van der Waals surface area contributed by atoms with Gasteiger partial charge in [0.25, 0.3) is 0 Å². The fourth-order valence-corrected chi connectivity index (χ4v) is 5.45. The highest BCUT2D eigenvalue weighted by molar-refractivity contribution is 7.89. The second kappa shape index (κ2) is 7.25. The molecule has 2 aromatic heterocycles. The lowest BCUT2D eigenvalue weighted by Crippen LogP contribution is -2.27. The summed E-state index contributed by atoms with van der Waals surface area (Å²) in [5.74, 6) is 0. The molecule has 0 radical (unpaired) electrons. The summed E-state index contributed by atoms with van der Waals surface area (Å²) in [6, 6.07) is 12.0. The summed E-state index contributed by atoms with van der Waals surface area (Å²) in [5, 5.41) is 4.46. The number of nitrogens with zero attached hydrogens (tertiary/aromatic N) is 2. The Morgan fingerprint density at radius 2 is 1.93 bits per heavy atom. The smallest absolute Gasteiger partial charge is 0.305 e. The monoisotopic (exact) mass is 428 g/mol. The number of para-hydroxylation sites is 1. The van der Waals surface area contributed by atoms with Gasteiger partial charge in [0.2, 0.25) is 10.0 Å². The van der Waals surface area contributed by atoms with Crippen LogP contribution in [0.15, 0.2) is 58.4 Å². The predicted octanol–water partition coefficient (Wildman–Crippen LogP) is 3.43. The van der Waals surface area contributed by atoms with Crippen molar-refractivity contribution >= 4 is 31.6 Å². The zero-order valence-electron chi connectivity index (χ0n) is 16.1. The normalized spacial score (nSPS) is 13.1. The molecule has 0 aliphatic carbocycles. The van der Waals surface area contributed by atoms with Crippen LogP contribution in [0.4, 0.5) is 0 Å². The van der Waals surface area contributed by atoms with Gasteiger partial charge in [-0.15, -0.1) is 0 Å². The molecule has 150 valence electrons. The number of H-pyrrole nitrogens is 1. The van der Waals surface area contributed by atoms with E-state index in [1.54, 1.807) is 19.2 Å². The maximum atomic E-state index is 12.9. The first-order valence-corrected chi connectivity index (χ1v) is 11.3. The Hall–Kier alpha value is -2.75. The SMILES string of the molecule is Cc1ccccc1-n1ncc(C(C)NS(=O)(=O)c2ccc3[nH]c(=O)sc3c2)c1C. The Morgan fingerprint density at radius 3 is 2.69 bits per heavy atom. The Kier molecular flexibility index (Phi) is 4.89. The Balaban J connectivity index is 1.64. The summed E-state index contributed by atoms with van der Waals surface area (Å²) in [6.07, 6.45) is 1.69. The number of nitrogens with one attached hydrogen (secondary N) is 2. The first-order valence-electron chi connectivity index (χ1n) is 9.02. The van der Waals surface area contributed by atoms with E-state index in [9.17, 15) is 13.2 Å². The highest BCUT2D eigenvalue weighted by Gasteiger charge is 2.22.